The standard InChI is InChI=1S/C27H41N3O4/c1-3-4-11-28-12-5-6-15-34-27-21(2)29-26(18-22-7-9-23(32)10-8-22)25(20-31)24(27)19-30-13-16-33-17-14-30/h7-10,28,31-32H,3-6,11-20H2,1-2H3. The van der Waals surface area contributed by atoms with Gasteiger partial charge in [0.05, 0.1) is 37.8 Å². The number of aromatic hydroxyl groups is 1. The molecule has 0 unspecified atom stereocenters. The van der Waals surface area contributed by atoms with Crippen molar-refractivity contribution in [3.8, 4) is 11.5 Å². The molecule has 1 fully saturated rings. The van der Waals surface area contributed by atoms with Crippen molar-refractivity contribution in [1.82, 2.24) is 15.2 Å². The van der Waals surface area contributed by atoms with Crippen LogP contribution in [0, 0.1) is 6.92 Å². The lowest BCUT2D eigenvalue weighted by molar-refractivity contribution is 0.0335. The number of morpholine rings is 1. The third-order valence-electron chi connectivity index (χ3n) is 6.27. The predicted molar refractivity (Wildman–Crippen MR) is 134 cm³/mol. The van der Waals surface area contributed by atoms with Gasteiger partial charge >= 0.3 is 0 Å². The molecule has 0 aliphatic carbocycles. The van der Waals surface area contributed by atoms with E-state index in [1.54, 1.807) is 12.1 Å². The largest absolute Gasteiger partial charge is 0.508 e. The average molecular weight is 472 g/mol. The number of aliphatic hydroxyl groups excluding tert-OH is 1. The summed E-state index contributed by atoms with van der Waals surface area (Å²) in [6, 6.07) is 7.16. The summed E-state index contributed by atoms with van der Waals surface area (Å²) in [5, 5.41) is 23.5. The maximum atomic E-state index is 10.4. The smallest absolute Gasteiger partial charge is 0.145 e. The number of nitrogens with zero attached hydrogens (tertiary/aromatic N) is 2. The maximum Gasteiger partial charge on any atom is 0.145 e. The van der Waals surface area contributed by atoms with Crippen molar-refractivity contribution in [3.05, 3.63) is 52.3 Å². The van der Waals surface area contributed by atoms with Crippen molar-refractivity contribution in [1.29, 1.82) is 0 Å². The number of aromatic nitrogens is 1. The zero-order chi connectivity index (χ0) is 24.2. The van der Waals surface area contributed by atoms with Gasteiger partial charge in [0, 0.05) is 37.2 Å². The Morgan fingerprint density at radius 1 is 1.06 bits per heavy atom. The highest BCUT2D eigenvalue weighted by Crippen LogP contribution is 2.31. The van der Waals surface area contributed by atoms with Gasteiger partial charge in [-0.3, -0.25) is 9.88 Å². The molecule has 1 saturated heterocycles. The van der Waals surface area contributed by atoms with Gasteiger partial charge in [-0.05, 0) is 57.0 Å². The Hall–Kier alpha value is -2.19. The van der Waals surface area contributed by atoms with Crippen LogP contribution in [0.5, 0.6) is 11.5 Å². The molecular weight excluding hydrogens is 430 g/mol. The van der Waals surface area contributed by atoms with Crippen molar-refractivity contribution in [2.75, 3.05) is 46.0 Å². The molecule has 2 aromatic rings. The summed E-state index contributed by atoms with van der Waals surface area (Å²) in [7, 11) is 0. The van der Waals surface area contributed by atoms with Crippen molar-refractivity contribution in [3.63, 3.8) is 0 Å². The van der Waals surface area contributed by atoms with E-state index < -0.39 is 0 Å². The number of aliphatic hydroxyl groups is 1. The van der Waals surface area contributed by atoms with Crippen LogP contribution in [-0.4, -0.2) is 66.1 Å². The van der Waals surface area contributed by atoms with Gasteiger partial charge in [0.1, 0.15) is 11.5 Å². The minimum atomic E-state index is -0.0852. The first-order valence-electron chi connectivity index (χ1n) is 12.7. The first-order valence-corrected chi connectivity index (χ1v) is 12.7. The maximum absolute atomic E-state index is 10.4. The number of phenols is 1. The lowest BCUT2D eigenvalue weighted by atomic mass is 9.98. The van der Waals surface area contributed by atoms with Crippen molar-refractivity contribution < 1.29 is 19.7 Å². The first kappa shape index (κ1) is 26.4. The second kappa shape index (κ2) is 14.3. The molecule has 0 spiro atoms. The number of phenolic OH excluding ortho intramolecular Hbond substituents is 1. The Balaban J connectivity index is 1.76. The molecule has 0 bridgehead atoms. The van der Waals surface area contributed by atoms with Gasteiger partial charge in [0.2, 0.25) is 0 Å². The lowest BCUT2D eigenvalue weighted by Gasteiger charge is -2.29. The van der Waals surface area contributed by atoms with Crippen LogP contribution < -0.4 is 10.1 Å². The van der Waals surface area contributed by atoms with Crippen LogP contribution in [0.1, 0.15) is 60.7 Å². The van der Waals surface area contributed by atoms with Gasteiger partial charge in [-0.15, -0.1) is 0 Å². The molecule has 0 amide bonds. The van der Waals surface area contributed by atoms with E-state index in [1.165, 1.54) is 12.8 Å². The number of hydrogen-bond donors (Lipinski definition) is 3. The van der Waals surface area contributed by atoms with Crippen LogP contribution in [-0.2, 0) is 24.3 Å². The lowest BCUT2D eigenvalue weighted by Crippen LogP contribution is -2.36. The molecule has 0 atom stereocenters. The highest BCUT2D eigenvalue weighted by atomic mass is 16.5. The van der Waals surface area contributed by atoms with Gasteiger partial charge in [0.25, 0.3) is 0 Å². The Morgan fingerprint density at radius 2 is 1.79 bits per heavy atom. The number of hydrogen-bond acceptors (Lipinski definition) is 7. The van der Waals surface area contributed by atoms with Crippen LogP contribution >= 0.6 is 0 Å². The highest BCUT2D eigenvalue weighted by molar-refractivity contribution is 5.46. The summed E-state index contributed by atoms with van der Waals surface area (Å²) in [5.41, 5.74) is 4.64. The number of aryl methyl sites for hydroxylation is 1. The van der Waals surface area contributed by atoms with Gasteiger partial charge in [0.15, 0.2) is 0 Å². The Kier molecular flexibility index (Phi) is 11.1. The summed E-state index contributed by atoms with van der Waals surface area (Å²) >= 11 is 0. The third-order valence-corrected chi connectivity index (χ3v) is 6.27. The van der Waals surface area contributed by atoms with Crippen LogP contribution in [0.3, 0.4) is 0 Å². The topological polar surface area (TPSA) is 87.1 Å². The van der Waals surface area contributed by atoms with Crippen molar-refractivity contribution in [2.24, 2.45) is 0 Å². The van der Waals surface area contributed by atoms with Gasteiger partial charge in [-0.25, -0.2) is 0 Å². The number of rotatable bonds is 14. The fourth-order valence-corrected chi connectivity index (χ4v) is 4.29. The molecule has 3 N–H and O–H groups in total. The van der Waals surface area contributed by atoms with E-state index in [2.05, 4.69) is 17.1 Å². The number of nitrogens with one attached hydrogen (secondary N) is 1. The molecule has 1 aliphatic heterocycles. The zero-order valence-corrected chi connectivity index (χ0v) is 20.8. The molecule has 1 aliphatic rings. The summed E-state index contributed by atoms with van der Waals surface area (Å²) in [6.45, 7) is 10.7. The third kappa shape index (κ3) is 7.94. The first-order chi connectivity index (χ1) is 16.6. The van der Waals surface area contributed by atoms with E-state index in [0.717, 1.165) is 86.1 Å². The number of unbranched alkanes of at least 4 members (excludes halogenated alkanes) is 2. The predicted octanol–water partition coefficient (Wildman–Crippen LogP) is 3.56. The van der Waals surface area contributed by atoms with E-state index >= 15 is 0 Å². The van der Waals surface area contributed by atoms with Crippen LogP contribution in [0.15, 0.2) is 24.3 Å². The second-order valence-electron chi connectivity index (χ2n) is 8.98. The minimum Gasteiger partial charge on any atom is -0.508 e. The Bertz CT molecular complexity index is 867. The van der Waals surface area contributed by atoms with Crippen molar-refractivity contribution in [2.45, 2.75) is 59.1 Å². The van der Waals surface area contributed by atoms with Crippen LogP contribution in [0.2, 0.25) is 0 Å². The summed E-state index contributed by atoms with van der Waals surface area (Å²) in [4.78, 5) is 7.21. The van der Waals surface area contributed by atoms with Gasteiger partial charge < -0.3 is 25.0 Å². The molecule has 0 saturated carbocycles. The monoisotopic (exact) mass is 471 g/mol. The summed E-state index contributed by atoms with van der Waals surface area (Å²) < 4.78 is 11.8. The van der Waals surface area contributed by atoms with Crippen LogP contribution in [0.25, 0.3) is 0 Å². The second-order valence-corrected chi connectivity index (χ2v) is 8.98. The van der Waals surface area contributed by atoms with Crippen molar-refractivity contribution >= 4 is 0 Å². The Morgan fingerprint density at radius 3 is 2.50 bits per heavy atom. The normalized spacial score (nSPS) is 14.4. The Labute approximate surface area is 204 Å². The molecular formula is C27H41N3O4. The number of pyridine rings is 1. The van der Waals surface area contributed by atoms with Crippen LogP contribution in [0.4, 0.5) is 0 Å². The van der Waals surface area contributed by atoms with E-state index in [9.17, 15) is 10.2 Å². The number of ether oxygens (including phenoxy) is 2. The van der Waals surface area contributed by atoms with E-state index in [4.69, 9.17) is 14.5 Å². The molecule has 3 rings (SSSR count). The number of benzene rings is 1. The summed E-state index contributed by atoms with van der Waals surface area (Å²) in [6.07, 6.45) is 5.06. The van der Waals surface area contributed by atoms with E-state index in [1.807, 2.05) is 19.1 Å². The van der Waals surface area contributed by atoms with E-state index in [0.29, 0.717) is 19.6 Å². The minimum absolute atomic E-state index is 0.0852. The molecule has 188 valence electrons. The zero-order valence-electron chi connectivity index (χ0n) is 20.8. The highest BCUT2D eigenvalue weighted by Gasteiger charge is 2.22. The molecule has 7 nitrogen and oxygen atoms in total. The molecule has 1 aromatic heterocycles. The molecule has 7 heteroatoms. The molecule has 34 heavy (non-hydrogen) atoms. The fraction of sp³-hybridized carbons (Fsp3) is 0.593. The molecule has 1 aromatic carbocycles. The molecule has 2 heterocycles. The SMILES string of the molecule is CCCCNCCCCOc1c(C)nc(Cc2ccc(O)cc2)c(CO)c1CN1CCOCC1. The quantitative estimate of drug-likeness (QED) is 0.363. The van der Waals surface area contributed by atoms with Gasteiger partial charge in [-0.1, -0.05) is 25.5 Å². The summed E-state index contributed by atoms with van der Waals surface area (Å²) in [5.74, 6) is 1.05. The fourth-order valence-electron chi connectivity index (χ4n) is 4.29. The molecule has 0 radical (unpaired) electrons. The van der Waals surface area contributed by atoms with Gasteiger partial charge in [-0.2, -0.15) is 0 Å². The average Bonchev–Trinajstić information content (AvgIpc) is 2.84. The van der Waals surface area contributed by atoms with E-state index in [-0.39, 0.29) is 12.4 Å².